The lowest BCUT2D eigenvalue weighted by molar-refractivity contribution is 0.0696. The van der Waals surface area contributed by atoms with Crippen LogP contribution < -0.4 is 5.32 Å². The number of carboxylic acids is 1. The second-order valence-corrected chi connectivity index (χ2v) is 4.40. The summed E-state index contributed by atoms with van der Waals surface area (Å²) in [6, 6.07) is 6.76. The van der Waals surface area contributed by atoms with Gasteiger partial charge in [-0.05, 0) is 31.5 Å². The number of hydrogen-bond donors (Lipinski definition) is 3. The number of aliphatic hydroxyl groups excluding tert-OH is 1. The van der Waals surface area contributed by atoms with Gasteiger partial charge in [0.15, 0.2) is 0 Å². The van der Waals surface area contributed by atoms with Crippen molar-refractivity contribution >= 4 is 5.97 Å². The van der Waals surface area contributed by atoms with E-state index in [1.165, 1.54) is 0 Å². The van der Waals surface area contributed by atoms with Crippen LogP contribution in [0.2, 0.25) is 0 Å². The maximum atomic E-state index is 10.8. The summed E-state index contributed by atoms with van der Waals surface area (Å²) in [5.74, 6) is -0.928. The van der Waals surface area contributed by atoms with Gasteiger partial charge in [-0.3, -0.25) is 0 Å². The lowest BCUT2D eigenvalue weighted by atomic mass is 10.1. The molecule has 0 saturated heterocycles. The maximum absolute atomic E-state index is 10.8. The Morgan fingerprint density at radius 2 is 2.12 bits per heavy atom. The Morgan fingerprint density at radius 1 is 1.44 bits per heavy atom. The van der Waals surface area contributed by atoms with E-state index in [-0.39, 0.29) is 17.7 Å². The lowest BCUT2D eigenvalue weighted by Crippen LogP contribution is -2.42. The molecule has 1 aromatic carbocycles. The largest absolute Gasteiger partial charge is 0.478 e. The fourth-order valence-electron chi connectivity index (χ4n) is 1.21. The van der Waals surface area contributed by atoms with Crippen molar-refractivity contribution in [2.75, 3.05) is 6.61 Å². The average molecular weight is 223 g/mol. The van der Waals surface area contributed by atoms with Gasteiger partial charge in [0.25, 0.3) is 0 Å². The minimum absolute atomic E-state index is 0.0334. The molecule has 0 fully saturated rings. The zero-order valence-electron chi connectivity index (χ0n) is 9.53. The van der Waals surface area contributed by atoms with Crippen LogP contribution >= 0.6 is 0 Å². The summed E-state index contributed by atoms with van der Waals surface area (Å²) in [7, 11) is 0. The van der Waals surface area contributed by atoms with Gasteiger partial charge in [-0.25, -0.2) is 4.79 Å². The van der Waals surface area contributed by atoms with E-state index in [1.54, 1.807) is 18.2 Å². The molecule has 0 radical (unpaired) electrons. The standard InChI is InChI=1S/C12H17NO3/c1-12(2,8-14)13-7-9-4-3-5-10(6-9)11(15)16/h3-6,13-14H,7-8H2,1-2H3,(H,15,16). The Kier molecular flexibility index (Phi) is 4.04. The maximum Gasteiger partial charge on any atom is 0.335 e. The Morgan fingerprint density at radius 3 is 2.69 bits per heavy atom. The summed E-state index contributed by atoms with van der Waals surface area (Å²) in [6.45, 7) is 4.34. The molecule has 0 aliphatic rings. The van der Waals surface area contributed by atoms with Gasteiger partial charge in [-0.1, -0.05) is 12.1 Å². The Bertz CT molecular complexity index is 374. The molecule has 3 N–H and O–H groups in total. The number of aromatic carboxylic acids is 1. The highest BCUT2D eigenvalue weighted by Gasteiger charge is 2.14. The van der Waals surface area contributed by atoms with Crippen LogP contribution in [0.1, 0.15) is 29.8 Å². The zero-order chi connectivity index (χ0) is 12.2. The zero-order valence-corrected chi connectivity index (χ0v) is 9.53. The monoisotopic (exact) mass is 223 g/mol. The topological polar surface area (TPSA) is 69.6 Å². The van der Waals surface area contributed by atoms with Crippen LogP contribution in [0.25, 0.3) is 0 Å². The average Bonchev–Trinajstić information content (AvgIpc) is 2.27. The van der Waals surface area contributed by atoms with Crippen LogP contribution in [-0.4, -0.2) is 28.3 Å². The highest BCUT2D eigenvalue weighted by molar-refractivity contribution is 5.87. The molecule has 0 saturated carbocycles. The van der Waals surface area contributed by atoms with E-state index in [0.29, 0.717) is 6.54 Å². The van der Waals surface area contributed by atoms with Gasteiger partial charge < -0.3 is 15.5 Å². The fourth-order valence-corrected chi connectivity index (χ4v) is 1.21. The van der Waals surface area contributed by atoms with Gasteiger partial charge in [-0.2, -0.15) is 0 Å². The molecule has 1 aromatic rings. The predicted molar refractivity (Wildman–Crippen MR) is 61.4 cm³/mol. The molecular weight excluding hydrogens is 206 g/mol. The van der Waals surface area contributed by atoms with Gasteiger partial charge in [0, 0.05) is 12.1 Å². The first kappa shape index (κ1) is 12.7. The smallest absolute Gasteiger partial charge is 0.335 e. The highest BCUT2D eigenvalue weighted by Crippen LogP contribution is 2.07. The second kappa shape index (κ2) is 5.09. The molecule has 0 aromatic heterocycles. The summed E-state index contributed by atoms with van der Waals surface area (Å²) >= 11 is 0. The van der Waals surface area contributed by atoms with Crippen molar-refractivity contribution in [3.8, 4) is 0 Å². The van der Waals surface area contributed by atoms with E-state index in [2.05, 4.69) is 5.32 Å². The molecule has 0 aliphatic heterocycles. The molecule has 0 amide bonds. The van der Waals surface area contributed by atoms with E-state index in [9.17, 15) is 4.79 Å². The third-order valence-electron chi connectivity index (χ3n) is 2.34. The summed E-state index contributed by atoms with van der Waals surface area (Å²) < 4.78 is 0. The van der Waals surface area contributed by atoms with Crippen LogP contribution in [0.3, 0.4) is 0 Å². The van der Waals surface area contributed by atoms with Gasteiger partial charge in [0.2, 0.25) is 0 Å². The molecule has 16 heavy (non-hydrogen) atoms. The van der Waals surface area contributed by atoms with Gasteiger partial charge in [0.05, 0.1) is 12.2 Å². The van der Waals surface area contributed by atoms with Crippen molar-refractivity contribution in [2.24, 2.45) is 0 Å². The molecule has 0 bridgehead atoms. The van der Waals surface area contributed by atoms with E-state index >= 15 is 0 Å². The van der Waals surface area contributed by atoms with Crippen LogP contribution in [0.5, 0.6) is 0 Å². The number of rotatable bonds is 5. The van der Waals surface area contributed by atoms with Crippen LogP contribution in [0, 0.1) is 0 Å². The van der Waals surface area contributed by atoms with E-state index < -0.39 is 5.97 Å². The molecule has 4 heteroatoms. The van der Waals surface area contributed by atoms with E-state index in [1.807, 2.05) is 19.9 Å². The molecule has 0 aliphatic carbocycles. The van der Waals surface area contributed by atoms with Gasteiger partial charge in [-0.15, -0.1) is 0 Å². The molecule has 88 valence electrons. The summed E-state index contributed by atoms with van der Waals surface area (Å²) in [4.78, 5) is 10.8. The summed E-state index contributed by atoms with van der Waals surface area (Å²) in [6.07, 6.45) is 0. The number of benzene rings is 1. The first-order chi connectivity index (χ1) is 7.44. The summed E-state index contributed by atoms with van der Waals surface area (Å²) in [5, 5.41) is 21.0. The number of carbonyl (C=O) groups is 1. The SMILES string of the molecule is CC(C)(CO)NCc1cccc(C(=O)O)c1. The van der Waals surface area contributed by atoms with Crippen LogP contribution in [0.15, 0.2) is 24.3 Å². The number of hydrogen-bond acceptors (Lipinski definition) is 3. The molecule has 0 atom stereocenters. The number of carboxylic acid groups (broad SMARTS) is 1. The molecule has 0 unspecified atom stereocenters. The van der Waals surface area contributed by atoms with E-state index in [4.69, 9.17) is 10.2 Å². The Balaban J connectivity index is 2.68. The quantitative estimate of drug-likeness (QED) is 0.702. The van der Waals surface area contributed by atoms with E-state index in [0.717, 1.165) is 5.56 Å². The second-order valence-electron chi connectivity index (χ2n) is 4.40. The molecule has 1 rings (SSSR count). The van der Waals surface area contributed by atoms with Crippen molar-refractivity contribution < 1.29 is 15.0 Å². The van der Waals surface area contributed by atoms with Gasteiger partial charge in [0.1, 0.15) is 0 Å². The first-order valence-corrected chi connectivity index (χ1v) is 5.13. The van der Waals surface area contributed by atoms with Crippen LogP contribution in [-0.2, 0) is 6.54 Å². The molecule has 0 heterocycles. The van der Waals surface area contributed by atoms with Crippen LogP contribution in [0.4, 0.5) is 0 Å². The Hall–Kier alpha value is -1.39. The van der Waals surface area contributed by atoms with Crippen molar-refractivity contribution in [3.05, 3.63) is 35.4 Å². The molecule has 0 spiro atoms. The van der Waals surface area contributed by atoms with Crippen molar-refractivity contribution in [1.29, 1.82) is 0 Å². The summed E-state index contributed by atoms with van der Waals surface area (Å²) in [5.41, 5.74) is 0.807. The molecule has 4 nitrogen and oxygen atoms in total. The first-order valence-electron chi connectivity index (χ1n) is 5.13. The number of nitrogens with one attached hydrogen (secondary N) is 1. The fraction of sp³-hybridized carbons (Fsp3) is 0.417. The minimum atomic E-state index is -0.928. The predicted octanol–water partition coefficient (Wildman–Crippen LogP) is 1.25. The van der Waals surface area contributed by atoms with Crippen molar-refractivity contribution in [2.45, 2.75) is 25.9 Å². The Labute approximate surface area is 94.9 Å². The normalized spacial score (nSPS) is 11.4. The van der Waals surface area contributed by atoms with Crippen molar-refractivity contribution in [3.63, 3.8) is 0 Å². The van der Waals surface area contributed by atoms with Crippen molar-refractivity contribution in [1.82, 2.24) is 5.32 Å². The van der Waals surface area contributed by atoms with Gasteiger partial charge >= 0.3 is 5.97 Å². The molecular formula is C12H17NO3. The third-order valence-corrected chi connectivity index (χ3v) is 2.34. The minimum Gasteiger partial charge on any atom is -0.478 e. The lowest BCUT2D eigenvalue weighted by Gasteiger charge is -2.23. The third kappa shape index (κ3) is 3.64. The highest BCUT2D eigenvalue weighted by atomic mass is 16.4. The number of aliphatic hydroxyl groups is 1.